The van der Waals surface area contributed by atoms with E-state index in [2.05, 4.69) is 4.98 Å². The number of likely N-dealkylation sites (N-methyl/N-ethyl adjacent to an activating group) is 1. The number of fused-ring (bicyclic) bond motifs is 2. The number of thiazole rings is 1. The van der Waals surface area contributed by atoms with Crippen LogP contribution in [0.1, 0.15) is 5.56 Å². The fourth-order valence-electron chi connectivity index (χ4n) is 3.63. The average Bonchev–Trinajstić information content (AvgIpc) is 3.35. The van der Waals surface area contributed by atoms with E-state index in [0.29, 0.717) is 23.2 Å². The first kappa shape index (κ1) is 23.1. The van der Waals surface area contributed by atoms with E-state index in [1.54, 1.807) is 11.9 Å². The molecule has 0 saturated carbocycles. The Bertz CT molecular complexity index is 1500. The van der Waals surface area contributed by atoms with Crippen molar-refractivity contribution in [2.24, 2.45) is 14.1 Å². The third-order valence-electron chi connectivity index (χ3n) is 5.46. The van der Waals surface area contributed by atoms with E-state index in [4.69, 9.17) is 16.6 Å². The lowest BCUT2D eigenvalue weighted by Crippen LogP contribution is -2.40. The monoisotopic (exact) mass is 489 g/mol. The maximum absolute atomic E-state index is 13.5. The highest BCUT2D eigenvalue weighted by molar-refractivity contribution is 7.22. The third kappa shape index (κ3) is 4.19. The number of carbonyl (C=O) groups is 1. The van der Waals surface area contributed by atoms with Crippen molar-refractivity contribution in [3.8, 4) is 0 Å². The second kappa shape index (κ2) is 8.73. The van der Waals surface area contributed by atoms with Gasteiger partial charge < -0.3 is 9.47 Å². The van der Waals surface area contributed by atoms with Crippen LogP contribution in [0.25, 0.3) is 21.4 Å². The van der Waals surface area contributed by atoms with Crippen LogP contribution in [0.5, 0.6) is 0 Å². The largest absolute Gasteiger partial charge is 0.332 e. The van der Waals surface area contributed by atoms with Gasteiger partial charge in [0, 0.05) is 32.2 Å². The topological polar surface area (TPSA) is 98.3 Å². The van der Waals surface area contributed by atoms with Crippen molar-refractivity contribution < 1.29 is 4.79 Å². The molecule has 0 unspecified atom stereocenters. The van der Waals surface area contributed by atoms with Crippen molar-refractivity contribution in [3.05, 3.63) is 49.9 Å². The van der Waals surface area contributed by atoms with Crippen LogP contribution in [0.15, 0.2) is 28.0 Å². The van der Waals surface area contributed by atoms with E-state index in [1.807, 2.05) is 38.1 Å². The summed E-state index contributed by atoms with van der Waals surface area (Å²) in [5.41, 5.74) is 1.21. The molecule has 0 saturated heterocycles. The van der Waals surface area contributed by atoms with E-state index in [-0.39, 0.29) is 23.6 Å². The van der Waals surface area contributed by atoms with Gasteiger partial charge in [-0.05, 0) is 38.7 Å². The van der Waals surface area contributed by atoms with E-state index in [9.17, 15) is 14.4 Å². The van der Waals surface area contributed by atoms with Crippen LogP contribution in [0, 0.1) is 6.92 Å². The van der Waals surface area contributed by atoms with Crippen molar-refractivity contribution in [2.45, 2.75) is 13.5 Å². The SMILES string of the molecule is Cc1cc(Cl)cc2sc(N(CCN(C)C)C(=O)Cn3cnc4c3c(=O)n(C)c(=O)n4C)nc12. The van der Waals surface area contributed by atoms with E-state index < -0.39 is 11.2 Å². The third-order valence-corrected chi connectivity index (χ3v) is 6.71. The summed E-state index contributed by atoms with van der Waals surface area (Å²) < 4.78 is 4.68. The fraction of sp³-hybridized carbons (Fsp3) is 0.381. The zero-order valence-corrected chi connectivity index (χ0v) is 20.6. The van der Waals surface area contributed by atoms with Gasteiger partial charge in [0.05, 0.1) is 16.5 Å². The molecule has 33 heavy (non-hydrogen) atoms. The Balaban J connectivity index is 1.75. The molecule has 174 valence electrons. The maximum Gasteiger partial charge on any atom is 0.332 e. The zero-order valence-electron chi connectivity index (χ0n) is 19.0. The van der Waals surface area contributed by atoms with E-state index in [1.165, 1.54) is 33.8 Å². The highest BCUT2D eigenvalue weighted by Gasteiger charge is 2.23. The number of benzene rings is 1. The molecule has 1 aromatic carbocycles. The lowest BCUT2D eigenvalue weighted by Gasteiger charge is -2.22. The molecule has 4 aromatic rings. The summed E-state index contributed by atoms with van der Waals surface area (Å²) in [4.78, 5) is 50.9. The number of aryl methyl sites for hydroxylation is 2. The summed E-state index contributed by atoms with van der Waals surface area (Å²) in [5, 5.41) is 1.18. The predicted octanol–water partition coefficient (Wildman–Crippen LogP) is 1.60. The number of carbonyl (C=O) groups excluding carboxylic acids is 1. The zero-order chi connectivity index (χ0) is 24.0. The molecular formula is C21H24ClN7O3S. The summed E-state index contributed by atoms with van der Waals surface area (Å²) >= 11 is 7.60. The van der Waals surface area contributed by atoms with Crippen LogP contribution in [-0.4, -0.2) is 61.7 Å². The van der Waals surface area contributed by atoms with Crippen LogP contribution in [0.2, 0.25) is 5.02 Å². The fourth-order valence-corrected chi connectivity index (χ4v) is 5.10. The predicted molar refractivity (Wildman–Crippen MR) is 130 cm³/mol. The molecule has 0 radical (unpaired) electrons. The molecule has 4 rings (SSSR count). The van der Waals surface area contributed by atoms with Gasteiger partial charge in [-0.3, -0.25) is 23.6 Å². The number of halogens is 1. The van der Waals surface area contributed by atoms with Crippen molar-refractivity contribution in [1.29, 1.82) is 0 Å². The Morgan fingerprint density at radius 2 is 1.88 bits per heavy atom. The Hall–Kier alpha value is -3.02. The summed E-state index contributed by atoms with van der Waals surface area (Å²) in [6.45, 7) is 2.86. The molecule has 0 spiro atoms. The van der Waals surface area contributed by atoms with E-state index >= 15 is 0 Å². The highest BCUT2D eigenvalue weighted by Crippen LogP contribution is 2.33. The van der Waals surface area contributed by atoms with Gasteiger partial charge >= 0.3 is 5.69 Å². The van der Waals surface area contributed by atoms with Crippen LogP contribution in [0.3, 0.4) is 0 Å². The first-order chi connectivity index (χ1) is 15.6. The minimum atomic E-state index is -0.497. The summed E-state index contributed by atoms with van der Waals surface area (Å²) in [5.74, 6) is -0.241. The minimum absolute atomic E-state index is 0.118. The van der Waals surface area contributed by atoms with Gasteiger partial charge in [0.2, 0.25) is 5.91 Å². The molecule has 12 heteroatoms. The smallest absolute Gasteiger partial charge is 0.315 e. The number of rotatable bonds is 6. The number of hydrogen-bond donors (Lipinski definition) is 0. The Morgan fingerprint density at radius 3 is 2.58 bits per heavy atom. The van der Waals surface area contributed by atoms with Crippen molar-refractivity contribution in [3.63, 3.8) is 0 Å². The Kier molecular flexibility index (Phi) is 6.12. The summed E-state index contributed by atoms with van der Waals surface area (Å²) in [6, 6.07) is 3.68. The van der Waals surface area contributed by atoms with Crippen LogP contribution in [-0.2, 0) is 25.4 Å². The van der Waals surface area contributed by atoms with Crippen molar-refractivity contribution in [2.75, 3.05) is 32.1 Å². The molecule has 1 amide bonds. The van der Waals surface area contributed by atoms with Gasteiger partial charge in [-0.15, -0.1) is 0 Å². The average molecular weight is 490 g/mol. The van der Waals surface area contributed by atoms with Gasteiger partial charge in [-0.1, -0.05) is 22.9 Å². The molecule has 3 aromatic heterocycles. The standard InChI is InChI=1S/C21H24ClN7O3S/c1-12-8-13(22)9-14-16(12)24-20(33-14)29(7-6-25(2)3)15(30)10-28-11-23-18-17(28)19(31)27(5)21(32)26(18)4/h8-9,11H,6-7,10H2,1-5H3. The summed E-state index contributed by atoms with van der Waals surface area (Å²) in [7, 11) is 6.81. The first-order valence-corrected chi connectivity index (χ1v) is 11.4. The molecule has 10 nitrogen and oxygen atoms in total. The van der Waals surface area contributed by atoms with Gasteiger partial charge in [0.1, 0.15) is 6.54 Å². The molecule has 3 heterocycles. The molecule has 0 aliphatic heterocycles. The molecule has 0 bridgehead atoms. The van der Waals surface area contributed by atoms with Crippen LogP contribution >= 0.6 is 22.9 Å². The molecule has 0 aliphatic carbocycles. The number of aromatic nitrogens is 5. The second-order valence-corrected chi connectivity index (χ2v) is 9.61. The Labute approximate surface area is 198 Å². The van der Waals surface area contributed by atoms with Gasteiger partial charge in [-0.2, -0.15) is 0 Å². The minimum Gasteiger partial charge on any atom is -0.315 e. The number of anilines is 1. The lowest BCUT2D eigenvalue weighted by molar-refractivity contribution is -0.119. The highest BCUT2D eigenvalue weighted by atomic mass is 35.5. The van der Waals surface area contributed by atoms with Crippen molar-refractivity contribution >= 4 is 55.4 Å². The van der Waals surface area contributed by atoms with Gasteiger partial charge in [0.25, 0.3) is 5.56 Å². The lowest BCUT2D eigenvalue weighted by atomic mass is 10.2. The van der Waals surface area contributed by atoms with Crippen LogP contribution < -0.4 is 16.1 Å². The molecule has 0 atom stereocenters. The number of amides is 1. The normalized spacial score (nSPS) is 11.7. The Morgan fingerprint density at radius 1 is 1.15 bits per heavy atom. The first-order valence-electron chi connectivity index (χ1n) is 10.2. The molecule has 0 fully saturated rings. The van der Waals surface area contributed by atoms with Gasteiger partial charge in [0.15, 0.2) is 16.3 Å². The van der Waals surface area contributed by atoms with E-state index in [0.717, 1.165) is 20.3 Å². The number of hydrogen-bond acceptors (Lipinski definition) is 7. The molecule has 0 N–H and O–H groups in total. The maximum atomic E-state index is 13.5. The number of imidazole rings is 1. The van der Waals surface area contributed by atoms with Crippen LogP contribution in [0.4, 0.5) is 5.13 Å². The number of nitrogens with zero attached hydrogens (tertiary/aromatic N) is 7. The molecular weight excluding hydrogens is 466 g/mol. The van der Waals surface area contributed by atoms with Crippen molar-refractivity contribution in [1.82, 2.24) is 28.6 Å². The second-order valence-electron chi connectivity index (χ2n) is 8.16. The molecule has 0 aliphatic rings. The van der Waals surface area contributed by atoms with Gasteiger partial charge in [-0.25, -0.2) is 14.8 Å². The quantitative estimate of drug-likeness (QED) is 0.408. The summed E-state index contributed by atoms with van der Waals surface area (Å²) in [6.07, 6.45) is 1.41.